The summed E-state index contributed by atoms with van der Waals surface area (Å²) < 4.78 is 24.6. The number of anilines is 2. The van der Waals surface area contributed by atoms with E-state index in [2.05, 4.69) is 21.2 Å². The van der Waals surface area contributed by atoms with Gasteiger partial charge < -0.3 is 11.1 Å². The molecule has 1 amide bonds. The molecule has 5 nitrogen and oxygen atoms in total. The number of hydrogen-bond acceptors (Lipinski definition) is 4. The zero-order valence-electron chi connectivity index (χ0n) is 11.7. The number of hydrogen-bond donors (Lipinski definition) is 2. The highest BCUT2D eigenvalue weighted by molar-refractivity contribution is 9.10. The number of nitrogens with two attached hydrogens (primary N) is 1. The number of carbonyl (C=O) groups is 1. The molecule has 1 rings (SSSR count). The van der Waals surface area contributed by atoms with E-state index in [1.54, 1.807) is 25.1 Å². The number of nitrogens with one attached hydrogen (secondary N) is 1. The lowest BCUT2D eigenvalue weighted by Crippen LogP contribution is -2.32. The first-order valence-electron chi connectivity index (χ1n) is 6.20. The van der Waals surface area contributed by atoms with Crippen LogP contribution in [0.1, 0.15) is 20.8 Å². The predicted molar refractivity (Wildman–Crippen MR) is 85.3 cm³/mol. The number of sulfone groups is 1. The van der Waals surface area contributed by atoms with Gasteiger partial charge in [-0.1, -0.05) is 13.8 Å². The summed E-state index contributed by atoms with van der Waals surface area (Å²) in [5, 5.41) is 2.01. The summed E-state index contributed by atoms with van der Waals surface area (Å²) in [6.45, 7) is 5.25. The third-order valence-corrected chi connectivity index (χ3v) is 6.10. The highest BCUT2D eigenvalue weighted by atomic mass is 79.9. The topological polar surface area (TPSA) is 89.3 Å². The van der Waals surface area contributed by atoms with Crippen molar-refractivity contribution in [1.29, 1.82) is 0 Å². The molecule has 1 unspecified atom stereocenters. The van der Waals surface area contributed by atoms with Crippen LogP contribution >= 0.6 is 15.9 Å². The molecule has 112 valence electrons. The highest BCUT2D eigenvalue weighted by Crippen LogP contribution is 2.24. The van der Waals surface area contributed by atoms with Crippen molar-refractivity contribution in [2.75, 3.05) is 16.8 Å². The molecule has 0 saturated heterocycles. The molecule has 0 aliphatic carbocycles. The summed E-state index contributed by atoms with van der Waals surface area (Å²) in [4.78, 5) is 11.8. The van der Waals surface area contributed by atoms with E-state index in [4.69, 9.17) is 5.73 Å². The van der Waals surface area contributed by atoms with Gasteiger partial charge in [-0.25, -0.2) is 8.42 Å². The van der Waals surface area contributed by atoms with Gasteiger partial charge in [0.2, 0.25) is 5.91 Å². The van der Waals surface area contributed by atoms with Crippen LogP contribution in [0.4, 0.5) is 11.4 Å². The predicted octanol–water partition coefficient (Wildman–Crippen LogP) is 2.43. The summed E-state index contributed by atoms with van der Waals surface area (Å²) in [5.74, 6) is -1.11. The maximum atomic E-state index is 12.0. The number of rotatable bonds is 5. The van der Waals surface area contributed by atoms with Crippen LogP contribution < -0.4 is 11.1 Å². The fourth-order valence-corrected chi connectivity index (χ4v) is 3.57. The van der Waals surface area contributed by atoms with Crippen molar-refractivity contribution in [2.45, 2.75) is 26.0 Å². The summed E-state index contributed by atoms with van der Waals surface area (Å²) in [5.41, 5.74) is 6.64. The third kappa shape index (κ3) is 4.49. The number of benzene rings is 1. The molecule has 7 heteroatoms. The van der Waals surface area contributed by atoms with Gasteiger partial charge in [0.1, 0.15) is 5.75 Å². The lowest BCUT2D eigenvalue weighted by Gasteiger charge is -2.16. The molecular weight excluding hydrogens is 344 g/mol. The normalized spacial score (nSPS) is 13.2. The van der Waals surface area contributed by atoms with Crippen LogP contribution in [-0.2, 0) is 14.6 Å². The Morgan fingerprint density at radius 3 is 2.45 bits per heavy atom. The highest BCUT2D eigenvalue weighted by Gasteiger charge is 2.26. The fraction of sp³-hybridized carbons (Fsp3) is 0.462. The third-order valence-electron chi connectivity index (χ3n) is 3.10. The Bertz CT molecular complexity index is 600. The molecule has 0 heterocycles. The lowest BCUT2D eigenvalue weighted by atomic mass is 10.2. The Kier molecular flexibility index (Phi) is 5.59. The maximum Gasteiger partial charge on any atom is 0.239 e. The van der Waals surface area contributed by atoms with Crippen LogP contribution in [0.2, 0.25) is 0 Å². The first-order chi connectivity index (χ1) is 9.13. The van der Waals surface area contributed by atoms with Crippen LogP contribution in [0, 0.1) is 5.92 Å². The second kappa shape index (κ2) is 6.58. The minimum atomic E-state index is -3.45. The molecule has 1 atom stereocenters. The maximum absolute atomic E-state index is 12.0. The number of carbonyl (C=O) groups excluding carboxylic acids is 1. The fourth-order valence-electron chi connectivity index (χ4n) is 1.55. The molecule has 3 N–H and O–H groups in total. The van der Waals surface area contributed by atoms with Gasteiger partial charge in [0.25, 0.3) is 0 Å². The molecule has 0 radical (unpaired) electrons. The Balaban J connectivity index is 2.78. The van der Waals surface area contributed by atoms with Crippen molar-refractivity contribution >= 4 is 43.0 Å². The molecule has 0 saturated carbocycles. The smallest absolute Gasteiger partial charge is 0.239 e. The van der Waals surface area contributed by atoms with Crippen LogP contribution in [-0.4, -0.2) is 25.3 Å². The Morgan fingerprint density at radius 1 is 1.35 bits per heavy atom. The average Bonchev–Trinajstić information content (AvgIpc) is 2.31. The van der Waals surface area contributed by atoms with Gasteiger partial charge in [-0.2, -0.15) is 0 Å². The summed E-state index contributed by atoms with van der Waals surface area (Å²) >= 11 is 3.26. The van der Waals surface area contributed by atoms with Gasteiger partial charge in [0.15, 0.2) is 9.84 Å². The summed E-state index contributed by atoms with van der Waals surface area (Å²) in [6.07, 6.45) is 0. The van der Waals surface area contributed by atoms with E-state index in [0.29, 0.717) is 15.8 Å². The second-order valence-corrected chi connectivity index (χ2v) is 8.26. The van der Waals surface area contributed by atoms with Crippen molar-refractivity contribution in [1.82, 2.24) is 0 Å². The van der Waals surface area contributed by atoms with Gasteiger partial charge >= 0.3 is 0 Å². The number of amides is 1. The van der Waals surface area contributed by atoms with Crippen LogP contribution in [0.15, 0.2) is 22.7 Å². The SMILES string of the molecule is CC(C)C(C)S(=O)(=O)CC(=O)Nc1ccc(N)cc1Br. The van der Waals surface area contributed by atoms with E-state index in [-0.39, 0.29) is 5.92 Å². The zero-order chi connectivity index (χ0) is 15.5. The second-order valence-electron chi connectivity index (χ2n) is 5.04. The number of nitrogen functional groups attached to an aromatic ring is 1. The van der Waals surface area contributed by atoms with Crippen LogP contribution in [0.3, 0.4) is 0 Å². The van der Waals surface area contributed by atoms with Crippen molar-refractivity contribution in [2.24, 2.45) is 5.92 Å². The molecule has 0 bridgehead atoms. The van der Waals surface area contributed by atoms with Gasteiger partial charge in [0.05, 0.1) is 10.9 Å². The Labute approximate surface area is 128 Å². The molecule has 20 heavy (non-hydrogen) atoms. The first kappa shape index (κ1) is 17.0. The Hall–Kier alpha value is -1.08. The molecule has 0 fully saturated rings. The van der Waals surface area contributed by atoms with E-state index >= 15 is 0 Å². The van der Waals surface area contributed by atoms with Crippen molar-refractivity contribution < 1.29 is 13.2 Å². The van der Waals surface area contributed by atoms with Crippen molar-refractivity contribution in [3.8, 4) is 0 Å². The first-order valence-corrected chi connectivity index (χ1v) is 8.70. The van der Waals surface area contributed by atoms with Gasteiger partial charge in [-0.15, -0.1) is 0 Å². The number of halogens is 1. The minimum Gasteiger partial charge on any atom is -0.399 e. The largest absolute Gasteiger partial charge is 0.399 e. The molecule has 0 spiro atoms. The molecule has 0 aliphatic rings. The van der Waals surface area contributed by atoms with E-state index < -0.39 is 26.7 Å². The van der Waals surface area contributed by atoms with Gasteiger partial charge in [-0.05, 0) is 47.0 Å². The van der Waals surface area contributed by atoms with Gasteiger partial charge in [0, 0.05) is 10.2 Å². The minimum absolute atomic E-state index is 0.0314. The van der Waals surface area contributed by atoms with E-state index in [1.807, 2.05) is 13.8 Å². The van der Waals surface area contributed by atoms with E-state index in [0.717, 1.165) is 0 Å². The van der Waals surface area contributed by atoms with Gasteiger partial charge in [-0.3, -0.25) is 4.79 Å². The Morgan fingerprint density at radius 2 is 1.95 bits per heavy atom. The summed E-state index contributed by atoms with van der Waals surface area (Å²) in [6, 6.07) is 4.89. The standard InChI is InChI=1S/C13H19BrN2O3S/c1-8(2)9(3)20(18,19)7-13(17)16-12-5-4-10(15)6-11(12)14/h4-6,8-9H,7,15H2,1-3H3,(H,16,17). The van der Waals surface area contributed by atoms with Crippen molar-refractivity contribution in [3.05, 3.63) is 22.7 Å². The van der Waals surface area contributed by atoms with Crippen LogP contribution in [0.5, 0.6) is 0 Å². The van der Waals surface area contributed by atoms with Crippen molar-refractivity contribution in [3.63, 3.8) is 0 Å². The molecular formula is C13H19BrN2O3S. The molecule has 1 aromatic carbocycles. The average molecular weight is 363 g/mol. The lowest BCUT2D eigenvalue weighted by molar-refractivity contribution is -0.113. The monoisotopic (exact) mass is 362 g/mol. The van der Waals surface area contributed by atoms with Crippen LogP contribution in [0.25, 0.3) is 0 Å². The molecule has 0 aliphatic heterocycles. The van der Waals surface area contributed by atoms with E-state index in [1.165, 1.54) is 0 Å². The summed E-state index contributed by atoms with van der Waals surface area (Å²) in [7, 11) is -3.45. The zero-order valence-corrected chi connectivity index (χ0v) is 14.1. The molecule has 1 aromatic rings. The van der Waals surface area contributed by atoms with E-state index in [9.17, 15) is 13.2 Å². The molecule has 0 aromatic heterocycles. The quantitative estimate of drug-likeness (QED) is 0.787.